The van der Waals surface area contributed by atoms with Gasteiger partial charge in [0.25, 0.3) is 5.91 Å². The smallest absolute Gasteiger partial charge is 0.252 e. The van der Waals surface area contributed by atoms with E-state index in [9.17, 15) is 4.79 Å². The summed E-state index contributed by atoms with van der Waals surface area (Å²) in [6, 6.07) is 5.69. The molecule has 0 saturated carbocycles. The fourth-order valence-electron chi connectivity index (χ4n) is 1.31. The molecule has 94 valence electrons. The Balaban J connectivity index is 2.66. The molecule has 0 fully saturated rings. The third-order valence-corrected chi connectivity index (χ3v) is 3.48. The van der Waals surface area contributed by atoms with Gasteiger partial charge < -0.3 is 10.1 Å². The predicted molar refractivity (Wildman–Crippen MR) is 80.3 cm³/mol. The Morgan fingerprint density at radius 1 is 1.59 bits per heavy atom. The number of benzene rings is 1. The van der Waals surface area contributed by atoms with E-state index in [2.05, 4.69) is 43.8 Å². The van der Waals surface area contributed by atoms with Crippen molar-refractivity contribution in [2.24, 2.45) is 0 Å². The van der Waals surface area contributed by atoms with Crippen LogP contribution in [0.15, 0.2) is 22.7 Å². The zero-order valence-corrected chi connectivity index (χ0v) is 13.5. The lowest BCUT2D eigenvalue weighted by Crippen LogP contribution is -2.36. The van der Waals surface area contributed by atoms with Crippen LogP contribution in [0.1, 0.15) is 24.2 Å². The highest BCUT2D eigenvalue weighted by molar-refractivity contribution is 14.1. The quantitative estimate of drug-likeness (QED) is 0.755. The minimum absolute atomic E-state index is 0.00668. The number of carbonyl (C=O) groups excluding carboxylic acids is 1. The maximum Gasteiger partial charge on any atom is 0.252 e. The van der Waals surface area contributed by atoms with E-state index in [-0.39, 0.29) is 11.9 Å². The summed E-state index contributed by atoms with van der Waals surface area (Å²) in [6.07, 6.45) is 0. The van der Waals surface area contributed by atoms with Crippen molar-refractivity contribution >= 4 is 44.4 Å². The fourth-order valence-corrected chi connectivity index (χ4v) is 2.23. The molecule has 1 amide bonds. The average Bonchev–Trinajstić information content (AvgIpc) is 2.29. The number of ether oxygens (including phenoxy) is 1. The Labute approximate surface area is 124 Å². The maximum atomic E-state index is 12.0. The van der Waals surface area contributed by atoms with E-state index in [1.807, 2.05) is 32.0 Å². The van der Waals surface area contributed by atoms with Crippen molar-refractivity contribution in [3.63, 3.8) is 0 Å². The topological polar surface area (TPSA) is 38.3 Å². The molecule has 0 aliphatic rings. The molecule has 1 N–H and O–H groups in total. The van der Waals surface area contributed by atoms with Crippen molar-refractivity contribution in [2.75, 3.05) is 13.2 Å². The molecule has 5 heteroatoms. The van der Waals surface area contributed by atoms with Gasteiger partial charge in [-0.3, -0.25) is 4.79 Å². The molecule has 0 aromatic heterocycles. The van der Waals surface area contributed by atoms with Gasteiger partial charge in [0.15, 0.2) is 0 Å². The normalized spacial score (nSPS) is 12.2. The first-order valence-corrected chi connectivity index (χ1v) is 7.25. The first-order chi connectivity index (χ1) is 8.04. The van der Waals surface area contributed by atoms with Crippen molar-refractivity contribution in [2.45, 2.75) is 19.9 Å². The van der Waals surface area contributed by atoms with Gasteiger partial charge in [0, 0.05) is 20.7 Å². The molecule has 1 aromatic carbocycles. The van der Waals surface area contributed by atoms with Crippen LogP contribution in [0.2, 0.25) is 0 Å². The number of amides is 1. The average molecular weight is 412 g/mol. The highest BCUT2D eigenvalue weighted by Crippen LogP contribution is 2.19. The minimum atomic E-state index is -0.0809. The second kappa shape index (κ2) is 7.33. The second-order valence-electron chi connectivity index (χ2n) is 3.66. The largest absolute Gasteiger partial charge is 0.380 e. The van der Waals surface area contributed by atoms with Crippen LogP contribution in [0.5, 0.6) is 0 Å². The van der Waals surface area contributed by atoms with Crippen LogP contribution >= 0.6 is 38.5 Å². The highest BCUT2D eigenvalue weighted by Gasteiger charge is 2.13. The van der Waals surface area contributed by atoms with Gasteiger partial charge in [-0.15, -0.1) is 0 Å². The predicted octanol–water partition coefficient (Wildman–Crippen LogP) is 3.21. The highest BCUT2D eigenvalue weighted by atomic mass is 127. The monoisotopic (exact) mass is 411 g/mol. The van der Waals surface area contributed by atoms with Crippen LogP contribution in [0.3, 0.4) is 0 Å². The number of carbonyl (C=O) groups is 1. The fraction of sp³-hybridized carbons (Fsp3) is 0.417. The number of hydrogen-bond donors (Lipinski definition) is 1. The zero-order valence-electron chi connectivity index (χ0n) is 9.80. The Morgan fingerprint density at radius 2 is 2.29 bits per heavy atom. The van der Waals surface area contributed by atoms with Gasteiger partial charge in [-0.1, -0.05) is 0 Å². The lowest BCUT2D eigenvalue weighted by molar-refractivity contribution is 0.0871. The summed E-state index contributed by atoms with van der Waals surface area (Å²) in [4.78, 5) is 12.0. The molecule has 0 spiro atoms. The molecule has 0 bridgehead atoms. The van der Waals surface area contributed by atoms with Crippen LogP contribution in [0.4, 0.5) is 0 Å². The van der Waals surface area contributed by atoms with Crippen LogP contribution in [0, 0.1) is 3.57 Å². The van der Waals surface area contributed by atoms with Crippen LogP contribution < -0.4 is 5.32 Å². The molecule has 17 heavy (non-hydrogen) atoms. The third-order valence-electron chi connectivity index (χ3n) is 2.12. The lowest BCUT2D eigenvalue weighted by Gasteiger charge is -2.14. The van der Waals surface area contributed by atoms with Crippen LogP contribution in [0.25, 0.3) is 0 Å². The third kappa shape index (κ3) is 4.93. The summed E-state index contributed by atoms with van der Waals surface area (Å²) in [5.41, 5.74) is 0.653. The summed E-state index contributed by atoms with van der Waals surface area (Å²) in [5.74, 6) is -0.0809. The van der Waals surface area contributed by atoms with E-state index in [0.29, 0.717) is 18.8 Å². The molecule has 0 saturated heterocycles. The van der Waals surface area contributed by atoms with Gasteiger partial charge in [-0.2, -0.15) is 0 Å². The number of nitrogens with one attached hydrogen (secondary N) is 1. The van der Waals surface area contributed by atoms with Crippen molar-refractivity contribution in [3.05, 3.63) is 31.8 Å². The standard InChI is InChI=1S/C12H15BrINO2/c1-3-17-7-8(2)15-12(16)10-6-9(14)4-5-11(10)13/h4-6,8H,3,7H2,1-2H3,(H,15,16). The Hall–Kier alpha value is -0.140. The molecular weight excluding hydrogens is 397 g/mol. The van der Waals surface area contributed by atoms with E-state index in [1.54, 1.807) is 0 Å². The summed E-state index contributed by atoms with van der Waals surface area (Å²) >= 11 is 5.56. The van der Waals surface area contributed by atoms with Crippen molar-refractivity contribution in [1.82, 2.24) is 5.32 Å². The van der Waals surface area contributed by atoms with Gasteiger partial charge in [-0.05, 0) is 70.6 Å². The number of rotatable bonds is 5. The molecule has 0 heterocycles. The van der Waals surface area contributed by atoms with Gasteiger partial charge in [0.05, 0.1) is 12.2 Å². The number of hydrogen-bond acceptors (Lipinski definition) is 2. The van der Waals surface area contributed by atoms with E-state index >= 15 is 0 Å². The molecule has 1 aromatic rings. The van der Waals surface area contributed by atoms with Crippen LogP contribution in [-0.4, -0.2) is 25.2 Å². The van der Waals surface area contributed by atoms with E-state index in [1.165, 1.54) is 0 Å². The first-order valence-electron chi connectivity index (χ1n) is 5.38. The molecular formula is C12H15BrINO2. The first kappa shape index (κ1) is 14.9. The van der Waals surface area contributed by atoms with Crippen molar-refractivity contribution < 1.29 is 9.53 Å². The van der Waals surface area contributed by atoms with E-state index in [0.717, 1.165) is 8.04 Å². The number of halogens is 2. The van der Waals surface area contributed by atoms with Gasteiger partial charge in [0.1, 0.15) is 0 Å². The lowest BCUT2D eigenvalue weighted by atomic mass is 10.2. The summed E-state index contributed by atoms with van der Waals surface area (Å²) in [7, 11) is 0. The van der Waals surface area contributed by atoms with Gasteiger partial charge >= 0.3 is 0 Å². The Morgan fingerprint density at radius 3 is 2.94 bits per heavy atom. The molecule has 0 aliphatic carbocycles. The van der Waals surface area contributed by atoms with Gasteiger partial charge in [0.2, 0.25) is 0 Å². The van der Waals surface area contributed by atoms with Crippen molar-refractivity contribution in [1.29, 1.82) is 0 Å². The Kier molecular flexibility index (Phi) is 6.43. The van der Waals surface area contributed by atoms with Crippen molar-refractivity contribution in [3.8, 4) is 0 Å². The molecule has 0 aliphatic heterocycles. The summed E-state index contributed by atoms with van der Waals surface area (Å²) in [5, 5.41) is 2.90. The molecule has 1 rings (SSSR count). The van der Waals surface area contributed by atoms with E-state index in [4.69, 9.17) is 4.74 Å². The molecule has 0 radical (unpaired) electrons. The van der Waals surface area contributed by atoms with Gasteiger partial charge in [-0.25, -0.2) is 0 Å². The molecule has 1 unspecified atom stereocenters. The summed E-state index contributed by atoms with van der Waals surface area (Å²) < 4.78 is 7.10. The van der Waals surface area contributed by atoms with E-state index < -0.39 is 0 Å². The second-order valence-corrected chi connectivity index (χ2v) is 5.76. The van der Waals surface area contributed by atoms with Crippen LogP contribution in [-0.2, 0) is 4.74 Å². The molecule has 1 atom stereocenters. The zero-order chi connectivity index (χ0) is 12.8. The maximum absolute atomic E-state index is 12.0. The molecule has 3 nitrogen and oxygen atoms in total. The SMILES string of the molecule is CCOCC(C)NC(=O)c1cc(I)ccc1Br. The Bertz CT molecular complexity index is 398. The summed E-state index contributed by atoms with van der Waals surface area (Å²) in [6.45, 7) is 5.05. The minimum Gasteiger partial charge on any atom is -0.380 e.